The first kappa shape index (κ1) is 13.4. The lowest BCUT2D eigenvalue weighted by molar-refractivity contribution is -0.135. The molecular formula is C11H22N2O3. The van der Waals surface area contributed by atoms with Crippen LogP contribution in [0.3, 0.4) is 0 Å². The molecule has 2 N–H and O–H groups in total. The summed E-state index contributed by atoms with van der Waals surface area (Å²) in [6, 6.07) is 0. The maximum Gasteiger partial charge on any atom is 0.224 e. The van der Waals surface area contributed by atoms with Crippen LogP contribution in [0.25, 0.3) is 0 Å². The lowest BCUT2D eigenvalue weighted by Crippen LogP contribution is -2.41. The first-order valence-electron chi connectivity index (χ1n) is 6.01. The van der Waals surface area contributed by atoms with E-state index in [1.54, 1.807) is 0 Å². The van der Waals surface area contributed by atoms with E-state index in [0.717, 1.165) is 39.0 Å². The summed E-state index contributed by atoms with van der Waals surface area (Å²) in [6.07, 6.45) is 2.34. The number of morpholine rings is 1. The van der Waals surface area contributed by atoms with Gasteiger partial charge in [-0.2, -0.15) is 0 Å². The Morgan fingerprint density at radius 2 is 2.00 bits per heavy atom. The number of nitrogens with zero attached hydrogens (tertiary/aromatic N) is 1. The fourth-order valence-corrected chi connectivity index (χ4v) is 1.65. The average molecular weight is 230 g/mol. The quantitative estimate of drug-likeness (QED) is 0.584. The minimum atomic E-state index is 0.206. The van der Waals surface area contributed by atoms with E-state index < -0.39 is 0 Å². The molecule has 1 fully saturated rings. The molecule has 0 aromatic carbocycles. The van der Waals surface area contributed by atoms with Crippen molar-refractivity contribution in [2.45, 2.75) is 19.3 Å². The number of amides is 1. The number of aliphatic hydroxyl groups excluding tert-OH is 1. The topological polar surface area (TPSA) is 61.8 Å². The Kier molecular flexibility index (Phi) is 7.12. The number of rotatable bonds is 7. The molecule has 0 aromatic rings. The Balaban J connectivity index is 1.97. The van der Waals surface area contributed by atoms with Crippen molar-refractivity contribution in [2.24, 2.45) is 0 Å². The van der Waals surface area contributed by atoms with Crippen LogP contribution in [0.1, 0.15) is 19.3 Å². The first-order valence-corrected chi connectivity index (χ1v) is 6.01. The molecule has 1 aliphatic rings. The van der Waals surface area contributed by atoms with E-state index in [1.807, 2.05) is 4.90 Å². The van der Waals surface area contributed by atoms with E-state index in [9.17, 15) is 4.79 Å². The number of carbonyl (C=O) groups is 1. The summed E-state index contributed by atoms with van der Waals surface area (Å²) in [5.74, 6) is 0.206. The van der Waals surface area contributed by atoms with Crippen LogP contribution in [0.15, 0.2) is 0 Å². The van der Waals surface area contributed by atoms with Crippen molar-refractivity contribution in [3.8, 4) is 0 Å². The SMILES string of the molecule is O=C(CCNCCCCO)N1CCOCC1. The van der Waals surface area contributed by atoms with Gasteiger partial charge in [0.05, 0.1) is 13.2 Å². The minimum absolute atomic E-state index is 0.206. The zero-order valence-electron chi connectivity index (χ0n) is 9.78. The molecular weight excluding hydrogens is 208 g/mol. The summed E-state index contributed by atoms with van der Waals surface area (Å²) in [7, 11) is 0. The normalized spacial score (nSPS) is 16.4. The van der Waals surface area contributed by atoms with Crippen molar-refractivity contribution in [2.75, 3.05) is 46.0 Å². The molecule has 0 unspecified atom stereocenters. The van der Waals surface area contributed by atoms with Gasteiger partial charge >= 0.3 is 0 Å². The molecule has 1 aliphatic heterocycles. The third-order valence-corrected chi connectivity index (χ3v) is 2.64. The number of unbranched alkanes of at least 4 members (excludes halogenated alkanes) is 1. The molecule has 0 radical (unpaired) electrons. The number of hydrogen-bond donors (Lipinski definition) is 2. The molecule has 1 rings (SSSR count). The van der Waals surface area contributed by atoms with E-state index in [1.165, 1.54) is 0 Å². The second kappa shape index (κ2) is 8.50. The molecule has 16 heavy (non-hydrogen) atoms. The third kappa shape index (κ3) is 5.44. The van der Waals surface area contributed by atoms with Crippen molar-refractivity contribution < 1.29 is 14.6 Å². The molecule has 1 amide bonds. The first-order chi connectivity index (χ1) is 7.84. The van der Waals surface area contributed by atoms with E-state index >= 15 is 0 Å². The summed E-state index contributed by atoms with van der Waals surface area (Å²) < 4.78 is 5.19. The predicted molar refractivity (Wildman–Crippen MR) is 61.2 cm³/mol. The fraction of sp³-hybridized carbons (Fsp3) is 0.909. The summed E-state index contributed by atoms with van der Waals surface area (Å²) >= 11 is 0. The predicted octanol–water partition coefficient (Wildman–Crippen LogP) is -0.403. The molecule has 5 nitrogen and oxygen atoms in total. The van der Waals surface area contributed by atoms with Crippen LogP contribution in [0.4, 0.5) is 0 Å². The van der Waals surface area contributed by atoms with Crippen LogP contribution in [0, 0.1) is 0 Å². The molecule has 0 bridgehead atoms. The molecule has 0 saturated carbocycles. The largest absolute Gasteiger partial charge is 0.396 e. The molecule has 0 aromatic heterocycles. The monoisotopic (exact) mass is 230 g/mol. The smallest absolute Gasteiger partial charge is 0.224 e. The van der Waals surface area contributed by atoms with Gasteiger partial charge in [0.1, 0.15) is 0 Å². The van der Waals surface area contributed by atoms with Gasteiger partial charge in [0.25, 0.3) is 0 Å². The molecule has 1 saturated heterocycles. The molecule has 0 atom stereocenters. The van der Waals surface area contributed by atoms with E-state index in [-0.39, 0.29) is 12.5 Å². The Hall–Kier alpha value is -0.650. The highest BCUT2D eigenvalue weighted by atomic mass is 16.5. The van der Waals surface area contributed by atoms with Crippen LogP contribution in [-0.4, -0.2) is 61.9 Å². The summed E-state index contributed by atoms with van der Waals surface area (Å²) in [5.41, 5.74) is 0. The lowest BCUT2D eigenvalue weighted by Gasteiger charge is -2.26. The zero-order chi connectivity index (χ0) is 11.6. The number of aliphatic hydroxyl groups is 1. The molecule has 1 heterocycles. The van der Waals surface area contributed by atoms with E-state index in [4.69, 9.17) is 9.84 Å². The second-order valence-electron chi connectivity index (χ2n) is 3.92. The van der Waals surface area contributed by atoms with Crippen LogP contribution in [0.5, 0.6) is 0 Å². The Labute approximate surface area is 96.8 Å². The highest BCUT2D eigenvalue weighted by molar-refractivity contribution is 5.76. The Morgan fingerprint density at radius 3 is 2.69 bits per heavy atom. The number of ether oxygens (including phenoxy) is 1. The van der Waals surface area contributed by atoms with Gasteiger partial charge in [0.2, 0.25) is 5.91 Å². The van der Waals surface area contributed by atoms with Crippen LogP contribution in [-0.2, 0) is 9.53 Å². The molecule has 0 aliphatic carbocycles. The Bertz CT molecular complexity index is 194. The third-order valence-electron chi connectivity index (χ3n) is 2.64. The van der Waals surface area contributed by atoms with Crippen molar-refractivity contribution >= 4 is 5.91 Å². The van der Waals surface area contributed by atoms with Gasteiger partial charge in [-0.25, -0.2) is 0 Å². The van der Waals surface area contributed by atoms with Gasteiger partial charge in [0, 0.05) is 32.7 Å². The molecule has 94 valence electrons. The van der Waals surface area contributed by atoms with Crippen molar-refractivity contribution in [3.05, 3.63) is 0 Å². The van der Waals surface area contributed by atoms with Gasteiger partial charge in [-0.1, -0.05) is 0 Å². The van der Waals surface area contributed by atoms with Crippen LogP contribution >= 0.6 is 0 Å². The summed E-state index contributed by atoms with van der Waals surface area (Å²) in [5, 5.41) is 11.8. The fourth-order valence-electron chi connectivity index (χ4n) is 1.65. The zero-order valence-corrected chi connectivity index (χ0v) is 9.78. The highest BCUT2D eigenvalue weighted by Crippen LogP contribution is 1.99. The van der Waals surface area contributed by atoms with Crippen LogP contribution < -0.4 is 5.32 Å². The highest BCUT2D eigenvalue weighted by Gasteiger charge is 2.15. The van der Waals surface area contributed by atoms with E-state index in [0.29, 0.717) is 19.6 Å². The van der Waals surface area contributed by atoms with Crippen LogP contribution in [0.2, 0.25) is 0 Å². The second-order valence-corrected chi connectivity index (χ2v) is 3.92. The van der Waals surface area contributed by atoms with Crippen molar-refractivity contribution in [1.29, 1.82) is 0 Å². The van der Waals surface area contributed by atoms with Crippen molar-refractivity contribution in [3.63, 3.8) is 0 Å². The van der Waals surface area contributed by atoms with Gasteiger partial charge < -0.3 is 20.1 Å². The summed E-state index contributed by atoms with van der Waals surface area (Å²) in [4.78, 5) is 13.5. The number of carbonyl (C=O) groups excluding carboxylic acids is 1. The van der Waals surface area contributed by atoms with E-state index in [2.05, 4.69) is 5.32 Å². The summed E-state index contributed by atoms with van der Waals surface area (Å²) in [6.45, 7) is 4.62. The van der Waals surface area contributed by atoms with Crippen molar-refractivity contribution in [1.82, 2.24) is 10.2 Å². The number of nitrogens with one attached hydrogen (secondary N) is 1. The van der Waals surface area contributed by atoms with Gasteiger partial charge in [-0.15, -0.1) is 0 Å². The lowest BCUT2D eigenvalue weighted by atomic mass is 10.3. The maximum atomic E-state index is 11.7. The molecule has 5 heteroatoms. The molecule has 0 spiro atoms. The number of hydrogen-bond acceptors (Lipinski definition) is 4. The standard InChI is InChI=1S/C11H22N2O3/c14-8-2-1-4-12-5-3-11(15)13-6-9-16-10-7-13/h12,14H,1-10H2. The maximum absolute atomic E-state index is 11.7. The minimum Gasteiger partial charge on any atom is -0.396 e. The van der Waals surface area contributed by atoms with Gasteiger partial charge in [-0.3, -0.25) is 4.79 Å². The average Bonchev–Trinajstić information content (AvgIpc) is 2.34. The van der Waals surface area contributed by atoms with Gasteiger partial charge in [-0.05, 0) is 19.4 Å². The Morgan fingerprint density at radius 1 is 1.25 bits per heavy atom. The van der Waals surface area contributed by atoms with Gasteiger partial charge in [0.15, 0.2) is 0 Å².